The summed E-state index contributed by atoms with van der Waals surface area (Å²) in [6.07, 6.45) is 4.30. The van der Waals surface area contributed by atoms with Gasteiger partial charge in [-0.1, -0.05) is 51.1 Å². The first-order valence-electron chi connectivity index (χ1n) is 8.28. The minimum Gasteiger partial charge on any atom is -0.342 e. The molecule has 0 aliphatic carbocycles. The molecule has 114 valence electrons. The van der Waals surface area contributed by atoms with Crippen molar-refractivity contribution in [2.45, 2.75) is 51.9 Å². The van der Waals surface area contributed by atoms with Gasteiger partial charge in [0.15, 0.2) is 0 Å². The number of rotatable bonds is 1. The Morgan fingerprint density at radius 1 is 1.14 bits per heavy atom. The molecule has 0 aromatic heterocycles. The zero-order chi connectivity index (χ0) is 15.1. The van der Waals surface area contributed by atoms with Crippen LogP contribution < -0.4 is 0 Å². The smallest absolute Gasteiger partial charge is 0.233 e. The fourth-order valence-corrected chi connectivity index (χ4v) is 4.20. The normalized spacial score (nSPS) is 30.1. The fraction of sp³-hybridized carbons (Fsp3) is 0.632. The monoisotopic (exact) mass is 285 g/mol. The van der Waals surface area contributed by atoms with Crippen LogP contribution in [0.15, 0.2) is 30.3 Å². The van der Waals surface area contributed by atoms with Crippen molar-refractivity contribution in [1.82, 2.24) is 4.90 Å². The first-order valence-corrected chi connectivity index (χ1v) is 8.28. The maximum Gasteiger partial charge on any atom is 0.233 e. The second kappa shape index (κ2) is 5.15. The maximum absolute atomic E-state index is 13.1. The number of hydrogen-bond donors (Lipinski definition) is 0. The molecule has 3 rings (SSSR count). The maximum atomic E-state index is 13.1. The van der Waals surface area contributed by atoms with Crippen LogP contribution in [0.2, 0.25) is 0 Å². The molecule has 1 aromatic rings. The molecule has 2 heterocycles. The Bertz CT molecular complexity index is 516. The lowest BCUT2D eigenvalue weighted by Crippen LogP contribution is -2.50. The van der Waals surface area contributed by atoms with E-state index in [1.54, 1.807) is 0 Å². The van der Waals surface area contributed by atoms with E-state index in [9.17, 15) is 4.79 Å². The minimum atomic E-state index is -0.270. The van der Waals surface area contributed by atoms with Crippen molar-refractivity contribution in [1.29, 1.82) is 0 Å². The molecule has 2 atom stereocenters. The summed E-state index contributed by atoms with van der Waals surface area (Å²) in [5, 5.41) is 0. The number of nitrogens with zero attached hydrogens (tertiary/aromatic N) is 1. The standard InChI is InChI=1S/C19H27NO/c1-18(2,3)16-10-13-20-12-7-11-19(14-16,17(20)21)15-8-5-4-6-9-15/h4-6,8-9,16H,7,10-14H2,1-3H3/t16-,19-/m1/s1. The summed E-state index contributed by atoms with van der Waals surface area (Å²) in [6.45, 7) is 8.86. The van der Waals surface area contributed by atoms with E-state index in [4.69, 9.17) is 0 Å². The lowest BCUT2D eigenvalue weighted by molar-refractivity contribution is -0.140. The molecule has 2 aliphatic rings. The average Bonchev–Trinajstić information content (AvgIpc) is 2.54. The predicted molar refractivity (Wildman–Crippen MR) is 86.1 cm³/mol. The fourth-order valence-electron chi connectivity index (χ4n) is 4.20. The van der Waals surface area contributed by atoms with Crippen LogP contribution in [-0.4, -0.2) is 23.9 Å². The van der Waals surface area contributed by atoms with Gasteiger partial charge < -0.3 is 4.90 Å². The van der Waals surface area contributed by atoms with Gasteiger partial charge >= 0.3 is 0 Å². The third-order valence-corrected chi connectivity index (χ3v) is 5.62. The van der Waals surface area contributed by atoms with E-state index in [0.717, 1.165) is 38.8 Å². The van der Waals surface area contributed by atoms with Crippen molar-refractivity contribution in [2.75, 3.05) is 13.1 Å². The Hall–Kier alpha value is -1.31. The van der Waals surface area contributed by atoms with Crippen molar-refractivity contribution in [3.8, 4) is 0 Å². The number of benzene rings is 1. The van der Waals surface area contributed by atoms with Gasteiger partial charge in [0.25, 0.3) is 0 Å². The highest BCUT2D eigenvalue weighted by Gasteiger charge is 2.49. The summed E-state index contributed by atoms with van der Waals surface area (Å²) in [5.41, 5.74) is 1.23. The van der Waals surface area contributed by atoms with Gasteiger partial charge in [0, 0.05) is 13.1 Å². The second-order valence-electron chi connectivity index (χ2n) is 7.90. The van der Waals surface area contributed by atoms with E-state index in [1.807, 2.05) is 6.07 Å². The molecule has 2 fully saturated rings. The molecule has 0 saturated carbocycles. The highest BCUT2D eigenvalue weighted by molar-refractivity contribution is 5.89. The van der Waals surface area contributed by atoms with E-state index in [-0.39, 0.29) is 10.8 Å². The Morgan fingerprint density at radius 2 is 1.86 bits per heavy atom. The van der Waals surface area contributed by atoms with E-state index in [1.165, 1.54) is 5.56 Å². The first-order chi connectivity index (χ1) is 9.93. The van der Waals surface area contributed by atoms with Crippen LogP contribution in [0.3, 0.4) is 0 Å². The third-order valence-electron chi connectivity index (χ3n) is 5.62. The Labute approximate surface area is 128 Å². The SMILES string of the molecule is CC(C)(C)[C@@H]1CCN2CCC[C@](c3ccccc3)(C1)C2=O. The average molecular weight is 285 g/mol. The van der Waals surface area contributed by atoms with Gasteiger partial charge in [0.2, 0.25) is 5.91 Å². The topological polar surface area (TPSA) is 20.3 Å². The van der Waals surface area contributed by atoms with E-state index in [0.29, 0.717) is 11.8 Å². The van der Waals surface area contributed by atoms with Gasteiger partial charge in [-0.05, 0) is 42.6 Å². The lowest BCUT2D eigenvalue weighted by atomic mass is 9.64. The summed E-state index contributed by atoms with van der Waals surface area (Å²) >= 11 is 0. The molecule has 2 saturated heterocycles. The zero-order valence-electron chi connectivity index (χ0n) is 13.6. The van der Waals surface area contributed by atoms with Crippen molar-refractivity contribution in [3.63, 3.8) is 0 Å². The highest BCUT2D eigenvalue weighted by atomic mass is 16.2. The summed E-state index contributed by atoms with van der Waals surface area (Å²) in [6, 6.07) is 10.5. The summed E-state index contributed by atoms with van der Waals surface area (Å²) in [5.74, 6) is 0.983. The van der Waals surface area contributed by atoms with Crippen LogP contribution in [0.1, 0.15) is 52.0 Å². The van der Waals surface area contributed by atoms with Gasteiger partial charge in [-0.15, -0.1) is 0 Å². The largest absolute Gasteiger partial charge is 0.342 e. The van der Waals surface area contributed by atoms with Crippen LogP contribution in [-0.2, 0) is 10.2 Å². The molecule has 0 N–H and O–H groups in total. The summed E-state index contributed by atoms with van der Waals surface area (Å²) in [7, 11) is 0. The van der Waals surface area contributed by atoms with Gasteiger partial charge in [-0.2, -0.15) is 0 Å². The van der Waals surface area contributed by atoms with Crippen molar-refractivity contribution >= 4 is 5.91 Å². The molecule has 0 spiro atoms. The third kappa shape index (κ3) is 2.49. The van der Waals surface area contributed by atoms with Gasteiger partial charge in [0.1, 0.15) is 0 Å². The molecule has 0 unspecified atom stereocenters. The molecule has 1 amide bonds. The summed E-state index contributed by atoms with van der Waals surface area (Å²) < 4.78 is 0. The molecule has 0 radical (unpaired) electrons. The number of piperidine rings is 1. The van der Waals surface area contributed by atoms with Crippen LogP contribution in [0.5, 0.6) is 0 Å². The predicted octanol–water partition coefficient (Wildman–Crippen LogP) is 4.00. The molecule has 21 heavy (non-hydrogen) atoms. The first kappa shape index (κ1) is 14.6. The Morgan fingerprint density at radius 3 is 2.52 bits per heavy atom. The Kier molecular flexibility index (Phi) is 3.59. The van der Waals surface area contributed by atoms with Crippen molar-refractivity contribution in [2.24, 2.45) is 11.3 Å². The number of amides is 1. The quantitative estimate of drug-likeness (QED) is 0.763. The van der Waals surface area contributed by atoms with Gasteiger partial charge in [0.05, 0.1) is 5.41 Å². The molecule has 1 aromatic carbocycles. The lowest BCUT2D eigenvalue weighted by Gasteiger charge is -2.42. The molecular formula is C19H27NO. The number of fused-ring (bicyclic) bond motifs is 2. The van der Waals surface area contributed by atoms with Crippen LogP contribution in [0.25, 0.3) is 0 Å². The van der Waals surface area contributed by atoms with Crippen LogP contribution in [0, 0.1) is 11.3 Å². The minimum absolute atomic E-state index is 0.265. The zero-order valence-corrected chi connectivity index (χ0v) is 13.6. The van der Waals surface area contributed by atoms with Crippen LogP contribution in [0.4, 0.5) is 0 Å². The molecule has 2 heteroatoms. The number of carbonyl (C=O) groups is 1. The molecule has 2 nitrogen and oxygen atoms in total. The van der Waals surface area contributed by atoms with Crippen LogP contribution >= 0.6 is 0 Å². The molecular weight excluding hydrogens is 258 g/mol. The Balaban J connectivity index is 2.06. The second-order valence-corrected chi connectivity index (χ2v) is 7.90. The highest BCUT2D eigenvalue weighted by Crippen LogP contribution is 2.47. The van der Waals surface area contributed by atoms with E-state index >= 15 is 0 Å². The van der Waals surface area contributed by atoms with Gasteiger partial charge in [-0.3, -0.25) is 4.79 Å². The van der Waals surface area contributed by atoms with E-state index in [2.05, 4.69) is 49.9 Å². The van der Waals surface area contributed by atoms with Gasteiger partial charge in [-0.25, -0.2) is 0 Å². The summed E-state index contributed by atoms with van der Waals surface area (Å²) in [4.78, 5) is 15.3. The van der Waals surface area contributed by atoms with Crippen molar-refractivity contribution < 1.29 is 4.79 Å². The molecule has 2 aliphatic heterocycles. The van der Waals surface area contributed by atoms with Crippen molar-refractivity contribution in [3.05, 3.63) is 35.9 Å². The molecule has 2 bridgehead atoms. The number of carbonyl (C=O) groups excluding carboxylic acids is 1. The number of hydrogen-bond acceptors (Lipinski definition) is 1. The van der Waals surface area contributed by atoms with E-state index < -0.39 is 0 Å².